The Balaban J connectivity index is 1.48. The van der Waals surface area contributed by atoms with Crippen molar-refractivity contribution in [3.8, 4) is 0 Å². The van der Waals surface area contributed by atoms with Gasteiger partial charge in [-0.05, 0) is 44.9 Å². The summed E-state index contributed by atoms with van der Waals surface area (Å²) in [7, 11) is 0. The van der Waals surface area contributed by atoms with E-state index in [0.29, 0.717) is 6.54 Å². The fourth-order valence-electron chi connectivity index (χ4n) is 3.35. The summed E-state index contributed by atoms with van der Waals surface area (Å²) in [6.45, 7) is 1.44. The van der Waals surface area contributed by atoms with Crippen molar-refractivity contribution in [1.29, 1.82) is 0 Å². The van der Waals surface area contributed by atoms with Gasteiger partial charge in [0.15, 0.2) is 0 Å². The van der Waals surface area contributed by atoms with Crippen LogP contribution in [0, 0.1) is 0 Å². The second-order valence-corrected chi connectivity index (χ2v) is 7.36. The fraction of sp³-hybridized carbons (Fsp3) is 0.750. The van der Waals surface area contributed by atoms with Gasteiger partial charge in [0, 0.05) is 24.4 Å². The van der Waals surface area contributed by atoms with E-state index in [1.807, 2.05) is 11.3 Å². The number of rotatable bonds is 4. The van der Waals surface area contributed by atoms with E-state index in [1.165, 1.54) is 29.8 Å². The molecule has 2 heterocycles. The number of likely N-dealkylation sites (tertiary alicyclic amines) is 1. The Kier molecular flexibility index (Phi) is 5.31. The number of aryl methyl sites for hydroxylation is 2. The highest BCUT2D eigenvalue weighted by molar-refractivity contribution is 7.11. The molecule has 2 aliphatic rings. The number of aliphatic hydroxyl groups excluding tert-OH is 1. The number of thiazole rings is 1. The SMILES string of the molecule is O=C(NCCc1nc2c(s1)CCCC2)N1CCCC[C@@H]1CO. The summed E-state index contributed by atoms with van der Waals surface area (Å²) in [5.74, 6) is 0. The van der Waals surface area contributed by atoms with Gasteiger partial charge < -0.3 is 15.3 Å². The van der Waals surface area contributed by atoms with Crippen molar-refractivity contribution in [3.63, 3.8) is 0 Å². The van der Waals surface area contributed by atoms with E-state index >= 15 is 0 Å². The zero-order valence-corrected chi connectivity index (χ0v) is 13.8. The van der Waals surface area contributed by atoms with Crippen LogP contribution in [0.15, 0.2) is 0 Å². The Morgan fingerprint density at radius 3 is 3.00 bits per heavy atom. The summed E-state index contributed by atoms with van der Waals surface area (Å²) < 4.78 is 0. The standard InChI is InChI=1S/C16H25N3O2S/c20-11-12-5-3-4-10-19(12)16(21)17-9-8-15-18-13-6-1-2-7-14(13)22-15/h12,20H,1-11H2,(H,17,21)/t12-/m1/s1. The summed E-state index contributed by atoms with van der Waals surface area (Å²) in [5.41, 5.74) is 1.29. The zero-order chi connectivity index (χ0) is 15.4. The van der Waals surface area contributed by atoms with Crippen LogP contribution in [0.2, 0.25) is 0 Å². The van der Waals surface area contributed by atoms with Crippen LogP contribution in [0.4, 0.5) is 4.79 Å². The Morgan fingerprint density at radius 1 is 1.32 bits per heavy atom. The molecule has 22 heavy (non-hydrogen) atoms. The molecule has 122 valence electrons. The molecule has 0 unspecified atom stereocenters. The number of nitrogens with one attached hydrogen (secondary N) is 1. The largest absolute Gasteiger partial charge is 0.394 e. The lowest BCUT2D eigenvalue weighted by atomic mass is 10.0. The highest BCUT2D eigenvalue weighted by Gasteiger charge is 2.25. The predicted octanol–water partition coefficient (Wildman–Crippen LogP) is 2.12. The quantitative estimate of drug-likeness (QED) is 0.892. The third-order valence-corrected chi connectivity index (χ3v) is 5.82. The molecule has 1 aliphatic heterocycles. The molecule has 5 nitrogen and oxygen atoms in total. The van der Waals surface area contributed by atoms with Gasteiger partial charge in [-0.1, -0.05) is 0 Å². The number of aliphatic hydroxyl groups is 1. The number of urea groups is 1. The Morgan fingerprint density at radius 2 is 2.18 bits per heavy atom. The number of fused-ring (bicyclic) bond motifs is 1. The first-order chi connectivity index (χ1) is 10.8. The van der Waals surface area contributed by atoms with Gasteiger partial charge in [-0.25, -0.2) is 9.78 Å². The second-order valence-electron chi connectivity index (χ2n) is 6.19. The Hall–Kier alpha value is -1.14. The number of hydrogen-bond acceptors (Lipinski definition) is 4. The van der Waals surface area contributed by atoms with Crippen LogP contribution in [-0.4, -0.2) is 46.8 Å². The predicted molar refractivity (Wildman–Crippen MR) is 87.3 cm³/mol. The molecular weight excluding hydrogens is 298 g/mol. The van der Waals surface area contributed by atoms with Crippen molar-refractivity contribution in [1.82, 2.24) is 15.2 Å². The van der Waals surface area contributed by atoms with Crippen molar-refractivity contribution in [3.05, 3.63) is 15.6 Å². The molecule has 2 N–H and O–H groups in total. The summed E-state index contributed by atoms with van der Waals surface area (Å²) in [5, 5.41) is 13.5. The van der Waals surface area contributed by atoms with Crippen LogP contribution in [0.25, 0.3) is 0 Å². The minimum atomic E-state index is -0.0416. The molecule has 0 spiro atoms. The van der Waals surface area contributed by atoms with Gasteiger partial charge in [0.1, 0.15) is 0 Å². The molecule has 0 saturated carbocycles. The molecule has 1 aromatic rings. The smallest absolute Gasteiger partial charge is 0.317 e. The van der Waals surface area contributed by atoms with Crippen LogP contribution < -0.4 is 5.32 Å². The molecule has 1 saturated heterocycles. The maximum atomic E-state index is 12.2. The highest BCUT2D eigenvalue weighted by Crippen LogP contribution is 2.26. The minimum Gasteiger partial charge on any atom is -0.394 e. The van der Waals surface area contributed by atoms with Crippen molar-refractivity contribution < 1.29 is 9.90 Å². The molecule has 1 aromatic heterocycles. The van der Waals surface area contributed by atoms with Crippen molar-refractivity contribution in [2.75, 3.05) is 19.7 Å². The number of carbonyl (C=O) groups excluding carboxylic acids is 1. The van der Waals surface area contributed by atoms with Crippen LogP contribution >= 0.6 is 11.3 Å². The third-order valence-electron chi connectivity index (χ3n) is 4.60. The molecule has 1 aliphatic carbocycles. The van der Waals surface area contributed by atoms with Gasteiger partial charge in [0.2, 0.25) is 0 Å². The van der Waals surface area contributed by atoms with E-state index in [2.05, 4.69) is 5.32 Å². The first-order valence-corrected chi connectivity index (χ1v) is 9.22. The molecule has 6 heteroatoms. The summed E-state index contributed by atoms with van der Waals surface area (Å²) in [6.07, 6.45) is 8.66. The lowest BCUT2D eigenvalue weighted by Gasteiger charge is -2.34. The summed E-state index contributed by atoms with van der Waals surface area (Å²) >= 11 is 1.81. The first-order valence-electron chi connectivity index (χ1n) is 8.40. The average Bonchev–Trinajstić information content (AvgIpc) is 2.97. The first kappa shape index (κ1) is 15.7. The molecule has 1 fully saturated rings. The molecule has 1 atom stereocenters. The topological polar surface area (TPSA) is 65.5 Å². The van der Waals surface area contributed by atoms with Gasteiger partial charge in [-0.3, -0.25) is 0 Å². The number of piperidine rings is 1. The van der Waals surface area contributed by atoms with Crippen molar-refractivity contribution >= 4 is 17.4 Å². The molecule has 0 bridgehead atoms. The Bertz CT molecular complexity index is 494. The lowest BCUT2D eigenvalue weighted by Crippen LogP contribution is -2.50. The molecule has 3 rings (SSSR count). The zero-order valence-electron chi connectivity index (χ0n) is 13.0. The van der Waals surface area contributed by atoms with Crippen LogP contribution in [0.1, 0.15) is 47.7 Å². The third kappa shape index (κ3) is 3.60. The fourth-order valence-corrected chi connectivity index (χ4v) is 4.50. The molecule has 0 radical (unpaired) electrons. The number of amides is 2. The molecule has 0 aromatic carbocycles. The summed E-state index contributed by atoms with van der Waals surface area (Å²) in [4.78, 5) is 20.2. The second kappa shape index (κ2) is 7.42. The number of aromatic nitrogens is 1. The highest BCUT2D eigenvalue weighted by atomic mass is 32.1. The number of nitrogens with zero attached hydrogens (tertiary/aromatic N) is 2. The van der Waals surface area contributed by atoms with E-state index in [-0.39, 0.29) is 18.7 Å². The van der Waals surface area contributed by atoms with E-state index in [9.17, 15) is 9.90 Å². The number of carbonyl (C=O) groups is 1. The van der Waals surface area contributed by atoms with Gasteiger partial charge >= 0.3 is 6.03 Å². The van der Waals surface area contributed by atoms with Crippen LogP contribution in [0.5, 0.6) is 0 Å². The van der Waals surface area contributed by atoms with Crippen molar-refractivity contribution in [2.45, 2.75) is 57.4 Å². The van der Waals surface area contributed by atoms with Gasteiger partial charge in [0.05, 0.1) is 23.4 Å². The maximum absolute atomic E-state index is 12.2. The maximum Gasteiger partial charge on any atom is 0.317 e. The van der Waals surface area contributed by atoms with E-state index < -0.39 is 0 Å². The van der Waals surface area contributed by atoms with Crippen molar-refractivity contribution in [2.24, 2.45) is 0 Å². The lowest BCUT2D eigenvalue weighted by molar-refractivity contribution is 0.108. The van der Waals surface area contributed by atoms with E-state index in [1.54, 1.807) is 4.90 Å². The average molecular weight is 323 g/mol. The van der Waals surface area contributed by atoms with E-state index in [0.717, 1.165) is 43.7 Å². The monoisotopic (exact) mass is 323 g/mol. The minimum absolute atomic E-state index is 0.0130. The Labute approximate surface area is 135 Å². The molecular formula is C16H25N3O2S. The van der Waals surface area contributed by atoms with Gasteiger partial charge in [-0.15, -0.1) is 11.3 Å². The molecule has 2 amide bonds. The normalized spacial score (nSPS) is 21.5. The van der Waals surface area contributed by atoms with Gasteiger partial charge in [-0.2, -0.15) is 0 Å². The van der Waals surface area contributed by atoms with Gasteiger partial charge in [0.25, 0.3) is 0 Å². The van der Waals surface area contributed by atoms with Crippen LogP contribution in [0.3, 0.4) is 0 Å². The number of hydrogen-bond donors (Lipinski definition) is 2. The van der Waals surface area contributed by atoms with E-state index in [4.69, 9.17) is 4.98 Å². The van der Waals surface area contributed by atoms with Crippen LogP contribution in [-0.2, 0) is 19.3 Å². The summed E-state index contributed by atoms with van der Waals surface area (Å²) in [6, 6.07) is -0.0546.